The summed E-state index contributed by atoms with van der Waals surface area (Å²) < 4.78 is 25.5. The summed E-state index contributed by atoms with van der Waals surface area (Å²) in [5, 5.41) is 33.0. The molecule has 4 atom stereocenters. The molecule has 2 aromatic carbocycles. The van der Waals surface area contributed by atoms with Gasteiger partial charge in [-0.25, -0.2) is 8.42 Å². The Labute approximate surface area is 230 Å². The number of nitrogens with one attached hydrogen (secondary N) is 1. The zero-order valence-electron chi connectivity index (χ0n) is 22.0. The summed E-state index contributed by atoms with van der Waals surface area (Å²) in [4.78, 5) is 40.8. The van der Waals surface area contributed by atoms with E-state index in [2.05, 4.69) is 4.72 Å². The number of rotatable bonds is 5. The predicted molar refractivity (Wildman–Crippen MR) is 147 cm³/mol. The smallest absolute Gasteiger partial charge is 0.255 e. The molecule has 0 aliphatic heterocycles. The van der Waals surface area contributed by atoms with Crippen molar-refractivity contribution >= 4 is 38.9 Å². The summed E-state index contributed by atoms with van der Waals surface area (Å²) in [5.41, 5.74) is 7.18. The minimum absolute atomic E-state index is 0.00460. The van der Waals surface area contributed by atoms with Gasteiger partial charge in [0.2, 0.25) is 10.0 Å². The lowest BCUT2D eigenvalue weighted by Gasteiger charge is -2.46. The lowest BCUT2D eigenvalue weighted by molar-refractivity contribution is -0.136. The molecule has 40 heavy (non-hydrogen) atoms. The number of carbonyl (C=O) groups excluding carboxylic acids is 3. The second-order valence-corrected chi connectivity index (χ2v) is 12.5. The number of ketones is 2. The van der Waals surface area contributed by atoms with E-state index in [0.29, 0.717) is 22.4 Å². The lowest BCUT2D eigenvalue weighted by atomic mass is 9.59. The van der Waals surface area contributed by atoms with Gasteiger partial charge < -0.3 is 21.1 Å². The Bertz CT molecular complexity index is 1640. The maximum absolute atomic E-state index is 13.8. The van der Waals surface area contributed by atoms with E-state index in [1.807, 2.05) is 0 Å². The first-order valence-electron chi connectivity index (χ1n) is 12.6. The molecule has 0 bridgehead atoms. The summed E-state index contributed by atoms with van der Waals surface area (Å²) in [6, 6.07) is 8.84. The standard InChI is InChI=1S/C28H29N3O8S/c1-31(2)23-17-11-13-10-16-15(12-4-6-14(7-5-12)30-40(3,38)39)8-9-18(32)20(16)24(33)19(13)25(34)21(17)26(35)22(27(23)36)28(29)37/h4-9,13,17,21,23,30,32-33,36H,10-11H2,1-3H3,(H2,29,37)/t13-,17+,21?,23+/m0/s1. The van der Waals surface area contributed by atoms with Gasteiger partial charge in [-0.2, -0.15) is 0 Å². The molecule has 0 radical (unpaired) electrons. The van der Waals surface area contributed by atoms with Crippen LogP contribution in [0.1, 0.15) is 17.5 Å². The number of phenolic OH excluding ortho intramolecular Hbond substituents is 1. The van der Waals surface area contributed by atoms with Crippen molar-refractivity contribution in [3.63, 3.8) is 0 Å². The van der Waals surface area contributed by atoms with Gasteiger partial charge in [-0.1, -0.05) is 18.2 Å². The molecule has 5 rings (SSSR count). The number of carbonyl (C=O) groups is 3. The van der Waals surface area contributed by atoms with Crippen LogP contribution in [-0.4, -0.2) is 72.5 Å². The average molecular weight is 568 g/mol. The van der Waals surface area contributed by atoms with Crippen LogP contribution in [0, 0.1) is 17.8 Å². The summed E-state index contributed by atoms with van der Waals surface area (Å²) in [6.45, 7) is 0. The summed E-state index contributed by atoms with van der Waals surface area (Å²) in [6.07, 6.45) is 1.54. The fourth-order valence-electron chi connectivity index (χ4n) is 6.47. The number of likely N-dealkylation sites (N-methyl/N-ethyl adjacent to an activating group) is 1. The van der Waals surface area contributed by atoms with E-state index in [0.717, 1.165) is 6.26 Å². The number of nitrogens with zero attached hydrogens (tertiary/aromatic N) is 1. The first-order chi connectivity index (χ1) is 18.7. The van der Waals surface area contributed by atoms with Gasteiger partial charge in [-0.3, -0.25) is 24.0 Å². The molecule has 11 nitrogen and oxygen atoms in total. The molecule has 3 aliphatic carbocycles. The maximum Gasteiger partial charge on any atom is 0.255 e. The van der Waals surface area contributed by atoms with Crippen molar-refractivity contribution in [2.24, 2.45) is 23.5 Å². The molecule has 0 spiro atoms. The van der Waals surface area contributed by atoms with Gasteiger partial charge in [0.1, 0.15) is 22.8 Å². The largest absolute Gasteiger partial charge is 0.510 e. The highest BCUT2D eigenvalue weighted by Crippen LogP contribution is 2.51. The van der Waals surface area contributed by atoms with Crippen LogP contribution in [0.15, 0.2) is 53.3 Å². The van der Waals surface area contributed by atoms with Crippen molar-refractivity contribution < 1.29 is 38.1 Å². The highest BCUT2D eigenvalue weighted by Gasteiger charge is 2.55. The molecule has 0 saturated heterocycles. The number of fused-ring (bicyclic) bond motifs is 3. The molecule has 12 heteroatoms. The van der Waals surface area contributed by atoms with Crippen molar-refractivity contribution in [2.45, 2.75) is 18.9 Å². The van der Waals surface area contributed by atoms with Crippen LogP contribution >= 0.6 is 0 Å². The number of primary amides is 1. The van der Waals surface area contributed by atoms with Crippen molar-refractivity contribution in [1.82, 2.24) is 4.90 Å². The number of aromatic hydroxyl groups is 1. The zero-order valence-corrected chi connectivity index (χ0v) is 22.8. The van der Waals surface area contributed by atoms with Gasteiger partial charge in [0.05, 0.1) is 23.8 Å². The zero-order chi connectivity index (χ0) is 29.3. The Balaban J connectivity index is 1.62. The number of allylic oxidation sites excluding steroid dienone is 1. The third-order valence-electron chi connectivity index (χ3n) is 7.95. The van der Waals surface area contributed by atoms with E-state index in [4.69, 9.17) is 5.73 Å². The third kappa shape index (κ3) is 4.33. The third-order valence-corrected chi connectivity index (χ3v) is 8.55. The number of nitrogens with two attached hydrogens (primary N) is 1. The molecular weight excluding hydrogens is 538 g/mol. The number of aliphatic hydroxyl groups excluding tert-OH is 2. The van der Waals surface area contributed by atoms with Crippen LogP contribution in [0.2, 0.25) is 0 Å². The van der Waals surface area contributed by atoms with E-state index in [-0.39, 0.29) is 29.7 Å². The Morgan fingerprint density at radius 1 is 1.02 bits per heavy atom. The monoisotopic (exact) mass is 567 g/mol. The fourth-order valence-corrected chi connectivity index (χ4v) is 7.03. The number of Topliss-reactive ketones (excluding diaryl/α,β-unsaturated/α-hetero) is 2. The van der Waals surface area contributed by atoms with Crippen LogP contribution in [0.3, 0.4) is 0 Å². The van der Waals surface area contributed by atoms with E-state index >= 15 is 0 Å². The lowest BCUT2D eigenvalue weighted by Crippen LogP contribution is -2.55. The van der Waals surface area contributed by atoms with Crippen molar-refractivity contribution in [3.8, 4) is 16.9 Å². The number of hydrogen-bond acceptors (Lipinski definition) is 9. The summed E-state index contributed by atoms with van der Waals surface area (Å²) in [7, 11) is -0.143. The normalized spacial score (nSPS) is 24.5. The van der Waals surface area contributed by atoms with Crippen LogP contribution < -0.4 is 10.5 Å². The van der Waals surface area contributed by atoms with Gasteiger partial charge >= 0.3 is 0 Å². The molecule has 1 fully saturated rings. The molecule has 3 aliphatic rings. The number of phenols is 1. The minimum atomic E-state index is -3.47. The average Bonchev–Trinajstić information content (AvgIpc) is 2.83. The van der Waals surface area contributed by atoms with Crippen LogP contribution in [0.5, 0.6) is 5.75 Å². The molecule has 1 amide bonds. The molecule has 210 valence electrons. The predicted octanol–water partition coefficient (Wildman–Crippen LogP) is 1.89. The molecular formula is C28H29N3O8S. The number of aliphatic hydroxyl groups is 2. The molecule has 6 N–H and O–H groups in total. The maximum atomic E-state index is 13.8. The van der Waals surface area contributed by atoms with Crippen LogP contribution in [-0.2, 0) is 30.8 Å². The van der Waals surface area contributed by atoms with Gasteiger partial charge in [0, 0.05) is 11.3 Å². The first kappa shape index (κ1) is 27.4. The Kier molecular flexibility index (Phi) is 6.50. The van der Waals surface area contributed by atoms with Crippen LogP contribution in [0.25, 0.3) is 16.9 Å². The Morgan fingerprint density at radius 2 is 1.68 bits per heavy atom. The summed E-state index contributed by atoms with van der Waals surface area (Å²) >= 11 is 0. The number of amides is 1. The highest BCUT2D eigenvalue weighted by molar-refractivity contribution is 7.92. The molecule has 0 aromatic heterocycles. The minimum Gasteiger partial charge on any atom is -0.510 e. The summed E-state index contributed by atoms with van der Waals surface area (Å²) in [5.74, 6) is -6.34. The van der Waals surface area contributed by atoms with Crippen molar-refractivity contribution in [1.29, 1.82) is 0 Å². The Morgan fingerprint density at radius 3 is 2.25 bits per heavy atom. The van der Waals surface area contributed by atoms with Crippen molar-refractivity contribution in [3.05, 3.63) is 64.4 Å². The SMILES string of the molecule is CN(C)[C@H]1C(O)=C(C(N)=O)C(=O)C2C(=O)C3=C(O)c4c(O)ccc(-c5ccc(NS(C)(=O)=O)cc5)c4C[C@H]3C[C@H]21. The molecule has 1 unspecified atom stereocenters. The van der Waals surface area contributed by atoms with Gasteiger partial charge in [0.15, 0.2) is 11.6 Å². The number of sulfonamides is 1. The van der Waals surface area contributed by atoms with E-state index in [9.17, 15) is 38.1 Å². The second-order valence-electron chi connectivity index (χ2n) is 10.7. The first-order valence-corrected chi connectivity index (χ1v) is 14.4. The van der Waals surface area contributed by atoms with E-state index in [1.165, 1.54) is 6.07 Å². The topological polar surface area (TPSA) is 187 Å². The van der Waals surface area contributed by atoms with E-state index < -0.39 is 68.4 Å². The number of anilines is 1. The van der Waals surface area contributed by atoms with Crippen molar-refractivity contribution in [2.75, 3.05) is 25.1 Å². The number of hydrogen-bond donors (Lipinski definition) is 5. The van der Waals surface area contributed by atoms with Crippen LogP contribution in [0.4, 0.5) is 5.69 Å². The van der Waals surface area contributed by atoms with Gasteiger partial charge in [-0.15, -0.1) is 0 Å². The quantitative estimate of drug-likeness (QED) is 0.266. The molecule has 2 aromatic rings. The second kappa shape index (κ2) is 9.49. The van der Waals surface area contributed by atoms with E-state index in [1.54, 1.807) is 49.3 Å². The number of benzene rings is 2. The Hall–Kier alpha value is -4.16. The molecule has 1 saturated carbocycles. The molecule has 0 heterocycles. The highest BCUT2D eigenvalue weighted by atomic mass is 32.2. The van der Waals surface area contributed by atoms with Gasteiger partial charge in [0.25, 0.3) is 5.91 Å². The van der Waals surface area contributed by atoms with Gasteiger partial charge in [-0.05, 0) is 73.7 Å². The fraction of sp³-hybridized carbons (Fsp3) is 0.321.